The third-order valence-corrected chi connectivity index (χ3v) is 9.12. The van der Waals surface area contributed by atoms with Crippen LogP contribution in [-0.4, -0.2) is 6.61 Å². The molecule has 1 aromatic rings. The van der Waals surface area contributed by atoms with Gasteiger partial charge in [0.25, 0.3) is 0 Å². The van der Waals surface area contributed by atoms with E-state index in [-0.39, 0.29) is 0 Å². The average Bonchev–Trinajstić information content (AvgIpc) is 2.83. The first kappa shape index (κ1) is 23.9. The van der Waals surface area contributed by atoms with Gasteiger partial charge in [0.15, 0.2) is 0 Å². The number of aryl methyl sites for hydroxylation is 1. The van der Waals surface area contributed by atoms with Crippen LogP contribution in [0.1, 0.15) is 108 Å². The Kier molecular flexibility index (Phi) is 9.18. The fourth-order valence-corrected chi connectivity index (χ4v) is 7.18. The van der Waals surface area contributed by atoms with Crippen LogP contribution >= 0.6 is 0 Å². The van der Waals surface area contributed by atoms with Gasteiger partial charge in [-0.25, -0.2) is 0 Å². The number of fused-ring (bicyclic) bond motifs is 2. The second kappa shape index (κ2) is 12.3. The van der Waals surface area contributed by atoms with Crippen molar-refractivity contribution in [3.63, 3.8) is 0 Å². The molecule has 2 fully saturated rings. The zero-order valence-corrected chi connectivity index (χ0v) is 21.0. The van der Waals surface area contributed by atoms with E-state index >= 15 is 0 Å². The molecule has 1 nitrogen and oxygen atoms in total. The summed E-state index contributed by atoms with van der Waals surface area (Å²) >= 11 is 0. The van der Waals surface area contributed by atoms with E-state index in [2.05, 4.69) is 44.2 Å². The topological polar surface area (TPSA) is 9.23 Å². The normalized spacial score (nSPS) is 30.1. The van der Waals surface area contributed by atoms with Crippen LogP contribution in [0.5, 0.6) is 5.75 Å². The predicted molar refractivity (Wildman–Crippen MR) is 137 cm³/mol. The van der Waals surface area contributed by atoms with Gasteiger partial charge in [0.05, 0.1) is 6.61 Å². The van der Waals surface area contributed by atoms with Crippen LogP contribution in [-0.2, 0) is 12.8 Å². The highest BCUT2D eigenvalue weighted by Crippen LogP contribution is 2.49. The summed E-state index contributed by atoms with van der Waals surface area (Å²) in [5, 5.41) is 0. The highest BCUT2D eigenvalue weighted by atomic mass is 16.5. The molecular formula is C31H48O. The van der Waals surface area contributed by atoms with Crippen molar-refractivity contribution < 1.29 is 4.74 Å². The zero-order valence-electron chi connectivity index (χ0n) is 21.0. The van der Waals surface area contributed by atoms with Crippen LogP contribution in [0.2, 0.25) is 0 Å². The molecule has 0 amide bonds. The SMILES string of the molecule is CC=CCC[C@@H]1CC[C@@H]2CC(C3CCc4cc(OCCCCCC)ccc4C3)CCC2C1. The standard InChI is InChI=1S/C31H48O/c1-3-5-7-9-19-32-31-18-17-29-22-28(15-16-30(29)23-31)27-14-13-25-20-24(10-8-6-4-2)11-12-26(25)21-27/h4,6,17-18,23-28H,3,5,7-16,19-22H2,1-2H3/t24-,25?,26-,27?,28?/m1/s1. The smallest absolute Gasteiger partial charge is 0.119 e. The fourth-order valence-electron chi connectivity index (χ4n) is 7.18. The van der Waals surface area contributed by atoms with Crippen LogP contribution < -0.4 is 4.74 Å². The zero-order chi connectivity index (χ0) is 22.2. The molecule has 178 valence electrons. The molecule has 0 N–H and O–H groups in total. The molecule has 1 heteroatoms. The average molecular weight is 437 g/mol. The lowest BCUT2D eigenvalue weighted by atomic mass is 9.61. The Morgan fingerprint density at radius 1 is 0.875 bits per heavy atom. The van der Waals surface area contributed by atoms with Gasteiger partial charge in [0.2, 0.25) is 0 Å². The summed E-state index contributed by atoms with van der Waals surface area (Å²) in [4.78, 5) is 0. The molecule has 0 aromatic heterocycles. The molecule has 0 aliphatic heterocycles. The Hall–Kier alpha value is -1.24. The third-order valence-electron chi connectivity index (χ3n) is 9.12. The van der Waals surface area contributed by atoms with Gasteiger partial charge in [-0.1, -0.05) is 50.8 Å². The molecule has 0 saturated heterocycles. The van der Waals surface area contributed by atoms with E-state index in [1.165, 1.54) is 96.3 Å². The minimum absolute atomic E-state index is 0.877. The maximum absolute atomic E-state index is 6.06. The molecule has 1 aromatic carbocycles. The van der Waals surface area contributed by atoms with E-state index < -0.39 is 0 Å². The van der Waals surface area contributed by atoms with E-state index in [0.717, 1.165) is 41.9 Å². The van der Waals surface area contributed by atoms with E-state index in [1.54, 1.807) is 11.1 Å². The van der Waals surface area contributed by atoms with Crippen molar-refractivity contribution in [1.82, 2.24) is 0 Å². The van der Waals surface area contributed by atoms with Crippen molar-refractivity contribution >= 4 is 0 Å². The summed E-state index contributed by atoms with van der Waals surface area (Å²) in [5.74, 6) is 6.11. The van der Waals surface area contributed by atoms with Gasteiger partial charge in [-0.05, 0) is 130 Å². The van der Waals surface area contributed by atoms with Gasteiger partial charge in [0.1, 0.15) is 5.75 Å². The van der Waals surface area contributed by atoms with E-state index in [9.17, 15) is 0 Å². The van der Waals surface area contributed by atoms with Crippen molar-refractivity contribution in [2.24, 2.45) is 29.6 Å². The van der Waals surface area contributed by atoms with E-state index in [4.69, 9.17) is 4.74 Å². The Bertz CT molecular complexity index is 719. The Morgan fingerprint density at radius 2 is 1.69 bits per heavy atom. The molecule has 0 spiro atoms. The van der Waals surface area contributed by atoms with E-state index in [0.29, 0.717) is 0 Å². The first-order valence-corrected chi connectivity index (χ1v) is 14.1. The van der Waals surface area contributed by atoms with Crippen LogP contribution in [0.4, 0.5) is 0 Å². The van der Waals surface area contributed by atoms with Gasteiger partial charge < -0.3 is 4.74 Å². The molecule has 2 saturated carbocycles. The van der Waals surface area contributed by atoms with Crippen molar-refractivity contribution in [2.75, 3.05) is 6.61 Å². The van der Waals surface area contributed by atoms with Crippen molar-refractivity contribution in [3.05, 3.63) is 41.5 Å². The molecule has 3 aliphatic rings. The largest absolute Gasteiger partial charge is 0.494 e. The summed E-state index contributed by atoms with van der Waals surface area (Å²) in [7, 11) is 0. The molecular weight excluding hydrogens is 388 g/mol. The lowest BCUT2D eigenvalue weighted by molar-refractivity contribution is 0.0699. The third kappa shape index (κ3) is 6.42. The molecule has 0 radical (unpaired) electrons. The quantitative estimate of drug-likeness (QED) is 0.263. The minimum Gasteiger partial charge on any atom is -0.494 e. The number of benzene rings is 1. The lowest BCUT2D eigenvalue weighted by Gasteiger charge is -2.45. The van der Waals surface area contributed by atoms with Crippen molar-refractivity contribution in [2.45, 2.75) is 110 Å². The number of hydrogen-bond donors (Lipinski definition) is 0. The number of hydrogen-bond acceptors (Lipinski definition) is 1. The summed E-state index contributed by atoms with van der Waals surface area (Å²) in [6.07, 6.45) is 25.5. The van der Waals surface area contributed by atoms with Gasteiger partial charge in [-0.3, -0.25) is 0 Å². The van der Waals surface area contributed by atoms with Crippen LogP contribution in [0, 0.1) is 29.6 Å². The number of ether oxygens (including phenoxy) is 1. The summed E-state index contributed by atoms with van der Waals surface area (Å²) in [5.41, 5.74) is 3.19. The first-order chi connectivity index (χ1) is 15.8. The molecule has 4 rings (SSSR count). The van der Waals surface area contributed by atoms with Crippen LogP contribution in [0.25, 0.3) is 0 Å². The Balaban J connectivity index is 1.24. The van der Waals surface area contributed by atoms with Crippen LogP contribution in [0.3, 0.4) is 0 Å². The molecule has 0 heterocycles. The second-order valence-corrected chi connectivity index (χ2v) is 11.3. The van der Waals surface area contributed by atoms with Gasteiger partial charge in [-0.2, -0.15) is 0 Å². The Labute approximate surface area is 198 Å². The van der Waals surface area contributed by atoms with Crippen molar-refractivity contribution in [3.8, 4) is 5.75 Å². The van der Waals surface area contributed by atoms with E-state index in [1.807, 2.05) is 0 Å². The highest BCUT2D eigenvalue weighted by molar-refractivity contribution is 5.37. The maximum Gasteiger partial charge on any atom is 0.119 e. The van der Waals surface area contributed by atoms with Gasteiger partial charge in [-0.15, -0.1) is 0 Å². The molecule has 3 aliphatic carbocycles. The monoisotopic (exact) mass is 436 g/mol. The summed E-state index contributed by atoms with van der Waals surface area (Å²) in [6, 6.07) is 6.99. The summed E-state index contributed by atoms with van der Waals surface area (Å²) in [6.45, 7) is 5.30. The maximum atomic E-state index is 6.06. The highest BCUT2D eigenvalue weighted by Gasteiger charge is 2.38. The molecule has 32 heavy (non-hydrogen) atoms. The molecule has 0 bridgehead atoms. The summed E-state index contributed by atoms with van der Waals surface area (Å²) < 4.78 is 6.06. The van der Waals surface area contributed by atoms with Crippen LogP contribution in [0.15, 0.2) is 30.4 Å². The molecule has 3 unspecified atom stereocenters. The number of rotatable bonds is 10. The first-order valence-electron chi connectivity index (χ1n) is 14.1. The second-order valence-electron chi connectivity index (χ2n) is 11.3. The number of allylic oxidation sites excluding steroid dienone is 2. The van der Waals surface area contributed by atoms with Gasteiger partial charge in [0, 0.05) is 0 Å². The predicted octanol–water partition coefficient (Wildman–Crippen LogP) is 8.94. The Morgan fingerprint density at radius 3 is 2.53 bits per heavy atom. The van der Waals surface area contributed by atoms with Crippen molar-refractivity contribution in [1.29, 1.82) is 0 Å². The molecule has 5 atom stereocenters. The minimum atomic E-state index is 0.877. The fraction of sp³-hybridized carbons (Fsp3) is 0.742. The van der Waals surface area contributed by atoms with Gasteiger partial charge >= 0.3 is 0 Å². The lowest BCUT2D eigenvalue weighted by Crippen LogP contribution is -2.35. The number of unbranched alkanes of at least 4 members (excludes halogenated alkanes) is 3.